The minimum Gasteiger partial charge on any atom is -0.480 e. The molecule has 200 valence electrons. The lowest BCUT2D eigenvalue weighted by molar-refractivity contribution is -0.146. The van der Waals surface area contributed by atoms with Crippen molar-refractivity contribution < 1.29 is 19.4 Å². The molecule has 1 unspecified atom stereocenters. The molecule has 0 aliphatic heterocycles. The maximum absolute atomic E-state index is 12.8. The summed E-state index contributed by atoms with van der Waals surface area (Å²) in [4.78, 5) is 27.5. The molecule has 6 nitrogen and oxygen atoms in total. The fraction of sp³-hybridized carbons (Fsp3) is 0.407. The van der Waals surface area contributed by atoms with Crippen LogP contribution in [0.4, 0.5) is 0 Å². The number of esters is 1. The number of carbonyl (C=O) groups is 2. The molecule has 3 N–H and O–H groups in total. The molecule has 0 fully saturated rings. The Hall–Kier alpha value is -1.82. The van der Waals surface area contributed by atoms with Crippen molar-refractivity contribution in [1.29, 1.82) is 0 Å². The summed E-state index contributed by atoms with van der Waals surface area (Å²) in [6.45, 7) is 5.18. The van der Waals surface area contributed by atoms with Gasteiger partial charge in [0.15, 0.2) is 0 Å². The van der Waals surface area contributed by atoms with Crippen molar-refractivity contribution in [1.82, 2.24) is 4.90 Å². The van der Waals surface area contributed by atoms with Crippen LogP contribution in [-0.4, -0.2) is 75.5 Å². The number of carbonyl (C=O) groups excluding carboxylic acids is 1. The summed E-state index contributed by atoms with van der Waals surface area (Å²) in [6, 6.07) is 14.7. The molecule has 0 saturated heterocycles. The molecule has 0 spiro atoms. The number of aryl methyl sites for hydroxylation is 2. The number of nitrogens with two attached hydrogens (primary N) is 1. The first-order valence-electron chi connectivity index (χ1n) is 11.9. The predicted octanol–water partition coefficient (Wildman–Crippen LogP) is 4.86. The van der Waals surface area contributed by atoms with Gasteiger partial charge in [-0.05, 0) is 37.8 Å². The van der Waals surface area contributed by atoms with Crippen molar-refractivity contribution in [2.45, 2.75) is 38.8 Å². The number of hydrogen-bond donors (Lipinski definition) is 2. The Morgan fingerprint density at radius 3 is 1.73 bits per heavy atom. The van der Waals surface area contributed by atoms with Crippen molar-refractivity contribution in [3.8, 4) is 0 Å². The van der Waals surface area contributed by atoms with Crippen LogP contribution in [0.5, 0.6) is 0 Å². The van der Waals surface area contributed by atoms with Crippen molar-refractivity contribution >= 4 is 67.7 Å². The third-order valence-corrected chi connectivity index (χ3v) is 9.10. The Bertz CT molecular complexity index is 1000. The van der Waals surface area contributed by atoms with E-state index in [0.29, 0.717) is 31.7 Å². The molecule has 0 bridgehead atoms. The van der Waals surface area contributed by atoms with Gasteiger partial charge < -0.3 is 15.6 Å². The fourth-order valence-electron chi connectivity index (χ4n) is 3.45. The van der Waals surface area contributed by atoms with E-state index in [1.165, 1.54) is 39.8 Å². The van der Waals surface area contributed by atoms with Crippen LogP contribution in [0.25, 0.3) is 0 Å². The Labute approximate surface area is 238 Å². The SMILES string of the molecule is COC(=O)[C@H](CSSCC(N)C(=O)O)N(CCC(=S)c1ccc(C)cc1)CCC(=S)c1ccc(C)cc1. The normalized spacial score (nSPS) is 12.7. The molecular weight excluding hydrogens is 545 g/mol. The van der Waals surface area contributed by atoms with Crippen LogP contribution in [-0.2, 0) is 14.3 Å². The molecule has 37 heavy (non-hydrogen) atoms. The lowest BCUT2D eigenvalue weighted by Crippen LogP contribution is -2.45. The predicted molar refractivity (Wildman–Crippen MR) is 163 cm³/mol. The number of methoxy groups -OCH3 is 1. The van der Waals surface area contributed by atoms with Crippen LogP contribution in [0, 0.1) is 13.8 Å². The number of hydrogen-bond acceptors (Lipinski definition) is 9. The number of carboxylic acids is 1. The summed E-state index contributed by atoms with van der Waals surface area (Å²) in [5, 5.41) is 9.01. The zero-order valence-corrected chi connectivity index (χ0v) is 24.6. The largest absolute Gasteiger partial charge is 0.480 e. The van der Waals surface area contributed by atoms with E-state index < -0.39 is 18.1 Å². The van der Waals surface area contributed by atoms with Crippen molar-refractivity contribution in [3.63, 3.8) is 0 Å². The van der Waals surface area contributed by atoms with Crippen molar-refractivity contribution in [2.24, 2.45) is 5.73 Å². The van der Waals surface area contributed by atoms with Crippen LogP contribution >= 0.6 is 46.0 Å². The lowest BCUT2D eigenvalue weighted by atomic mass is 10.1. The summed E-state index contributed by atoms with van der Waals surface area (Å²) in [7, 11) is 4.12. The van der Waals surface area contributed by atoms with Crippen LogP contribution in [0.3, 0.4) is 0 Å². The number of carboxylic acid groups (broad SMARTS) is 1. The number of rotatable bonds is 16. The van der Waals surface area contributed by atoms with E-state index in [4.69, 9.17) is 40.0 Å². The molecule has 0 heterocycles. The average Bonchev–Trinajstić information content (AvgIpc) is 2.89. The van der Waals surface area contributed by atoms with E-state index in [0.717, 1.165) is 20.9 Å². The van der Waals surface area contributed by atoms with Crippen LogP contribution in [0.15, 0.2) is 48.5 Å². The van der Waals surface area contributed by atoms with E-state index in [1.54, 1.807) is 0 Å². The molecule has 0 aliphatic carbocycles. The highest BCUT2D eigenvalue weighted by atomic mass is 33.1. The summed E-state index contributed by atoms with van der Waals surface area (Å²) in [5.41, 5.74) is 9.94. The highest BCUT2D eigenvalue weighted by Crippen LogP contribution is 2.25. The zero-order chi connectivity index (χ0) is 27.4. The first-order valence-corrected chi connectivity index (χ1v) is 15.2. The van der Waals surface area contributed by atoms with Crippen LogP contribution < -0.4 is 5.73 Å². The second-order valence-electron chi connectivity index (χ2n) is 8.67. The smallest absolute Gasteiger partial charge is 0.323 e. The summed E-state index contributed by atoms with van der Waals surface area (Å²) in [6.07, 6.45) is 1.20. The van der Waals surface area contributed by atoms with Gasteiger partial charge >= 0.3 is 11.9 Å². The van der Waals surface area contributed by atoms with Gasteiger partial charge in [0.05, 0.1) is 7.11 Å². The second-order valence-corrected chi connectivity index (χ2v) is 12.2. The number of ether oxygens (including phenoxy) is 1. The maximum atomic E-state index is 12.8. The Morgan fingerprint density at radius 1 is 0.892 bits per heavy atom. The molecule has 2 aromatic rings. The third-order valence-electron chi connectivity index (χ3n) is 5.79. The molecule has 0 saturated carbocycles. The van der Waals surface area contributed by atoms with Gasteiger partial charge in [0.25, 0.3) is 0 Å². The van der Waals surface area contributed by atoms with Crippen molar-refractivity contribution in [2.75, 3.05) is 31.7 Å². The standard InChI is InChI=1S/C27H34N2O4S4/c1-18-4-8-20(9-5-18)24(34)12-14-29(15-13-25(35)21-10-6-19(2)7-11-21)23(27(32)33-3)17-37-36-16-22(28)26(30)31/h4-11,22-23H,12-17,28H2,1-3H3,(H,30,31)/t22?,23-/m0/s1. The lowest BCUT2D eigenvalue weighted by Gasteiger charge is -2.30. The van der Waals surface area contributed by atoms with E-state index >= 15 is 0 Å². The van der Waals surface area contributed by atoms with Gasteiger partial charge in [-0.2, -0.15) is 0 Å². The van der Waals surface area contributed by atoms with Crippen LogP contribution in [0.1, 0.15) is 35.1 Å². The second kappa shape index (κ2) is 16.2. The molecule has 0 radical (unpaired) electrons. The minimum absolute atomic E-state index is 0.239. The van der Waals surface area contributed by atoms with Gasteiger partial charge in [-0.15, -0.1) is 0 Å². The molecule has 2 rings (SSSR count). The van der Waals surface area contributed by atoms with Gasteiger partial charge in [0, 0.05) is 34.3 Å². The maximum Gasteiger partial charge on any atom is 0.323 e. The average molecular weight is 579 g/mol. The van der Waals surface area contributed by atoms with Gasteiger partial charge in [-0.25, -0.2) is 0 Å². The Morgan fingerprint density at radius 2 is 1.32 bits per heavy atom. The molecule has 0 aromatic heterocycles. The van der Waals surface area contributed by atoms with Gasteiger partial charge in [0.1, 0.15) is 12.1 Å². The molecule has 2 aromatic carbocycles. The van der Waals surface area contributed by atoms with Gasteiger partial charge in [0.2, 0.25) is 0 Å². The highest BCUT2D eigenvalue weighted by Gasteiger charge is 2.28. The van der Waals surface area contributed by atoms with Crippen molar-refractivity contribution in [3.05, 3.63) is 70.8 Å². The quantitative estimate of drug-likeness (QED) is 0.0946. The number of nitrogens with zero attached hydrogens (tertiary/aromatic N) is 1. The summed E-state index contributed by atoms with van der Waals surface area (Å²) < 4.78 is 5.13. The molecule has 0 aliphatic rings. The summed E-state index contributed by atoms with van der Waals surface area (Å²) in [5.74, 6) is -0.743. The third kappa shape index (κ3) is 10.8. The topological polar surface area (TPSA) is 92.9 Å². The minimum atomic E-state index is -1.05. The molecular formula is C27H34N2O4S4. The molecule has 0 amide bonds. The van der Waals surface area contributed by atoms with Crippen LogP contribution in [0.2, 0.25) is 0 Å². The first-order chi connectivity index (χ1) is 17.6. The van der Waals surface area contributed by atoms with E-state index in [9.17, 15) is 9.59 Å². The fourth-order valence-corrected chi connectivity index (χ4v) is 6.26. The Kier molecular flexibility index (Phi) is 13.8. The van der Waals surface area contributed by atoms with E-state index in [-0.39, 0.29) is 11.7 Å². The van der Waals surface area contributed by atoms with E-state index in [2.05, 4.69) is 4.90 Å². The number of benzene rings is 2. The number of aliphatic carboxylic acids is 1. The summed E-state index contributed by atoms with van der Waals surface area (Å²) >= 11 is 11.4. The highest BCUT2D eigenvalue weighted by molar-refractivity contribution is 8.76. The monoisotopic (exact) mass is 578 g/mol. The molecule has 10 heteroatoms. The Balaban J connectivity index is 2.13. The zero-order valence-electron chi connectivity index (χ0n) is 21.3. The van der Waals surface area contributed by atoms with Gasteiger partial charge in [-0.3, -0.25) is 14.5 Å². The molecule has 2 atom stereocenters. The van der Waals surface area contributed by atoms with Gasteiger partial charge in [-0.1, -0.05) is 106 Å². The number of thiocarbonyl (C=S) groups is 2. The van der Waals surface area contributed by atoms with E-state index in [1.807, 2.05) is 62.4 Å². The first kappa shape index (κ1) is 31.4.